The van der Waals surface area contributed by atoms with Crippen LogP contribution in [-0.4, -0.2) is 49.2 Å². The van der Waals surface area contributed by atoms with Gasteiger partial charge in [-0.1, -0.05) is 5.21 Å². The van der Waals surface area contributed by atoms with Gasteiger partial charge in [-0.25, -0.2) is 13.9 Å². The maximum absolute atomic E-state index is 12.9. The molecule has 2 aromatic rings. The van der Waals surface area contributed by atoms with Crippen molar-refractivity contribution in [3.63, 3.8) is 0 Å². The van der Waals surface area contributed by atoms with E-state index >= 15 is 0 Å². The van der Waals surface area contributed by atoms with E-state index in [1.165, 1.54) is 12.1 Å². The summed E-state index contributed by atoms with van der Waals surface area (Å²) in [7, 11) is 0. The molecule has 136 valence electrons. The van der Waals surface area contributed by atoms with Gasteiger partial charge < -0.3 is 9.64 Å². The summed E-state index contributed by atoms with van der Waals surface area (Å²) in [5.74, 6) is -0.406. The summed E-state index contributed by atoms with van der Waals surface area (Å²) in [5, 5.41) is 8.02. The summed E-state index contributed by atoms with van der Waals surface area (Å²) in [6.45, 7) is 10.5. The Balaban J connectivity index is 1.98. The highest BCUT2D eigenvalue weighted by atomic mass is 19.1. The Hall–Kier alpha value is -2.51. The lowest BCUT2D eigenvalue weighted by Gasteiger charge is -2.34. The number of carbonyl (C=O) groups excluding carboxylic acids is 1. The van der Waals surface area contributed by atoms with Gasteiger partial charge >= 0.3 is 6.09 Å². The Labute approximate surface area is 146 Å². The zero-order chi connectivity index (χ0) is 18.6. The first-order valence-electron chi connectivity index (χ1n) is 8.21. The topological polar surface area (TPSA) is 73.1 Å². The monoisotopic (exact) mass is 349 g/mol. The number of ether oxygens (including phenoxy) is 1. The first kappa shape index (κ1) is 18.8. The molecule has 0 aromatic carbocycles. The van der Waals surface area contributed by atoms with E-state index in [2.05, 4.69) is 15.3 Å². The minimum atomic E-state index is -0.406. The van der Waals surface area contributed by atoms with Gasteiger partial charge in [-0.3, -0.25) is 4.98 Å². The molecule has 0 fully saturated rings. The Morgan fingerprint density at radius 2 is 2.08 bits per heavy atom. The minimum absolute atomic E-state index is 0.305. The zero-order valence-corrected chi connectivity index (χ0v) is 15.2. The molecule has 2 heterocycles. The molecule has 0 aliphatic heterocycles. The first-order valence-corrected chi connectivity index (χ1v) is 8.21. The fourth-order valence-electron chi connectivity index (χ4n) is 2.45. The van der Waals surface area contributed by atoms with Gasteiger partial charge in [0.05, 0.1) is 24.6 Å². The average molecular weight is 349 g/mol. The summed E-state index contributed by atoms with van der Waals surface area (Å²) in [5.41, 5.74) is 0.755. The molecule has 7 nitrogen and oxygen atoms in total. The van der Waals surface area contributed by atoms with E-state index in [-0.39, 0.29) is 17.7 Å². The van der Waals surface area contributed by atoms with Gasteiger partial charge in [0.15, 0.2) is 0 Å². The highest BCUT2D eigenvalue weighted by molar-refractivity contribution is 5.68. The molecule has 2 rings (SSSR count). The van der Waals surface area contributed by atoms with E-state index in [0.29, 0.717) is 24.5 Å². The van der Waals surface area contributed by atoms with Crippen LogP contribution < -0.4 is 0 Å². The molecule has 0 bridgehead atoms. The lowest BCUT2D eigenvalue weighted by Crippen LogP contribution is -2.46. The van der Waals surface area contributed by atoms with E-state index in [1.807, 2.05) is 27.7 Å². The second kappa shape index (κ2) is 7.58. The maximum Gasteiger partial charge on any atom is 0.410 e. The molecule has 1 atom stereocenters. The number of aromatic nitrogens is 4. The van der Waals surface area contributed by atoms with Gasteiger partial charge in [0, 0.05) is 12.1 Å². The van der Waals surface area contributed by atoms with Crippen LogP contribution in [0.25, 0.3) is 11.4 Å². The molecule has 0 N–H and O–H groups in total. The fourth-order valence-corrected chi connectivity index (χ4v) is 2.45. The predicted molar refractivity (Wildman–Crippen MR) is 91.3 cm³/mol. The van der Waals surface area contributed by atoms with Crippen LogP contribution in [-0.2, 0) is 11.3 Å². The minimum Gasteiger partial charge on any atom is -0.444 e. The van der Waals surface area contributed by atoms with E-state index in [9.17, 15) is 9.18 Å². The number of amides is 1. The van der Waals surface area contributed by atoms with Crippen LogP contribution in [0, 0.1) is 5.82 Å². The van der Waals surface area contributed by atoms with Gasteiger partial charge in [-0.15, -0.1) is 5.10 Å². The molecule has 25 heavy (non-hydrogen) atoms. The summed E-state index contributed by atoms with van der Waals surface area (Å²) in [6.07, 6.45) is 2.08. The second-order valence-electron chi connectivity index (χ2n) is 6.80. The molecule has 0 aliphatic rings. The Kier molecular flexibility index (Phi) is 5.71. The highest BCUT2D eigenvalue weighted by Gasteiger charge is 2.27. The smallest absolute Gasteiger partial charge is 0.410 e. The first-order chi connectivity index (χ1) is 11.7. The predicted octanol–water partition coefficient (Wildman–Crippen LogP) is 3.12. The van der Waals surface area contributed by atoms with Gasteiger partial charge in [-0.2, -0.15) is 0 Å². The fraction of sp³-hybridized carbons (Fsp3) is 0.529. The zero-order valence-electron chi connectivity index (χ0n) is 15.2. The second-order valence-corrected chi connectivity index (χ2v) is 6.80. The summed E-state index contributed by atoms with van der Waals surface area (Å²) < 4.78 is 20.0. The Morgan fingerprint density at radius 3 is 2.64 bits per heavy atom. The van der Waals surface area contributed by atoms with Crippen LogP contribution >= 0.6 is 0 Å². The van der Waals surface area contributed by atoms with Crippen molar-refractivity contribution in [1.29, 1.82) is 0 Å². The molecule has 1 amide bonds. The maximum atomic E-state index is 12.9. The van der Waals surface area contributed by atoms with Crippen LogP contribution in [0.4, 0.5) is 9.18 Å². The third-order valence-electron chi connectivity index (χ3n) is 3.62. The average Bonchev–Trinajstić information content (AvgIpc) is 2.95. The van der Waals surface area contributed by atoms with E-state index in [0.717, 1.165) is 6.20 Å². The standard InChI is InChI=1S/C17H24FN5O2/c1-6-23(17(3,4)5)16(24)25-12(2)10-22-11-15(20-21-22)14-8-7-13(18)9-19-14/h7-9,11-12H,6,10H2,1-5H3/t12-/m0/s1. The van der Waals surface area contributed by atoms with Crippen molar-refractivity contribution in [1.82, 2.24) is 24.9 Å². The molecular formula is C17H24FN5O2. The van der Waals surface area contributed by atoms with Crippen LogP contribution in [0.3, 0.4) is 0 Å². The molecular weight excluding hydrogens is 325 g/mol. The molecule has 0 radical (unpaired) electrons. The van der Waals surface area contributed by atoms with Crippen molar-refractivity contribution >= 4 is 6.09 Å². The van der Waals surface area contributed by atoms with Crippen LogP contribution in [0.15, 0.2) is 24.5 Å². The normalized spacial score (nSPS) is 12.7. The summed E-state index contributed by atoms with van der Waals surface area (Å²) >= 11 is 0. The number of nitrogens with zero attached hydrogens (tertiary/aromatic N) is 5. The molecule has 0 aliphatic carbocycles. The molecule has 0 saturated carbocycles. The lowest BCUT2D eigenvalue weighted by molar-refractivity contribution is 0.0384. The van der Waals surface area contributed by atoms with Crippen LogP contribution in [0.1, 0.15) is 34.6 Å². The quantitative estimate of drug-likeness (QED) is 0.829. The third kappa shape index (κ3) is 4.98. The van der Waals surface area contributed by atoms with Gasteiger partial charge in [0.1, 0.15) is 17.6 Å². The van der Waals surface area contributed by atoms with Crippen LogP contribution in [0.5, 0.6) is 0 Å². The van der Waals surface area contributed by atoms with Crippen molar-refractivity contribution in [2.75, 3.05) is 6.54 Å². The Bertz CT molecular complexity index is 709. The van der Waals surface area contributed by atoms with Crippen LogP contribution in [0.2, 0.25) is 0 Å². The van der Waals surface area contributed by atoms with Crippen molar-refractivity contribution in [3.8, 4) is 11.4 Å². The summed E-state index contributed by atoms with van der Waals surface area (Å²) in [4.78, 5) is 17.9. The molecule has 0 spiro atoms. The third-order valence-corrected chi connectivity index (χ3v) is 3.62. The molecule has 2 aromatic heterocycles. The molecule has 0 unspecified atom stereocenters. The number of hydrogen-bond donors (Lipinski definition) is 0. The Morgan fingerprint density at radius 1 is 1.36 bits per heavy atom. The van der Waals surface area contributed by atoms with Crippen molar-refractivity contribution in [3.05, 3.63) is 30.3 Å². The summed E-state index contributed by atoms with van der Waals surface area (Å²) in [6, 6.07) is 2.85. The van der Waals surface area contributed by atoms with Crippen molar-refractivity contribution in [2.24, 2.45) is 0 Å². The number of hydrogen-bond acceptors (Lipinski definition) is 5. The van der Waals surface area contributed by atoms with E-state index in [4.69, 9.17) is 4.74 Å². The lowest BCUT2D eigenvalue weighted by atomic mass is 10.1. The van der Waals surface area contributed by atoms with Crippen molar-refractivity contribution in [2.45, 2.75) is 52.8 Å². The largest absolute Gasteiger partial charge is 0.444 e. The number of rotatable bonds is 5. The van der Waals surface area contributed by atoms with E-state index in [1.54, 1.807) is 22.7 Å². The van der Waals surface area contributed by atoms with Gasteiger partial charge in [-0.05, 0) is 46.8 Å². The highest BCUT2D eigenvalue weighted by Crippen LogP contribution is 2.16. The number of carbonyl (C=O) groups is 1. The van der Waals surface area contributed by atoms with Crippen molar-refractivity contribution < 1.29 is 13.9 Å². The molecule has 8 heteroatoms. The number of pyridine rings is 1. The van der Waals surface area contributed by atoms with Gasteiger partial charge in [0.2, 0.25) is 0 Å². The van der Waals surface area contributed by atoms with E-state index < -0.39 is 5.82 Å². The SMILES string of the molecule is CCN(C(=O)O[C@@H](C)Cn1cc(-c2ccc(F)cn2)nn1)C(C)(C)C. The molecule has 0 saturated heterocycles. The van der Waals surface area contributed by atoms with Gasteiger partial charge in [0.25, 0.3) is 0 Å². The number of halogens is 1.